The number of rotatable bonds is 9. The number of phenols is 1. The maximum absolute atomic E-state index is 15.4. The number of carbonyl (C=O) groups is 2. The number of ether oxygens (including phenoxy) is 1. The van der Waals surface area contributed by atoms with Crippen molar-refractivity contribution in [3.05, 3.63) is 94.7 Å². The van der Waals surface area contributed by atoms with E-state index in [9.17, 15) is 24.8 Å². The quantitative estimate of drug-likeness (QED) is 0.0596. The van der Waals surface area contributed by atoms with Gasteiger partial charge in [-0.3, -0.25) is 14.8 Å². The molecule has 14 heteroatoms. The van der Waals surface area contributed by atoms with E-state index in [1.165, 1.54) is 37.6 Å². The number of carboxylic acid groups (broad SMARTS) is 1. The highest BCUT2D eigenvalue weighted by Crippen LogP contribution is 2.42. The lowest BCUT2D eigenvalue weighted by Gasteiger charge is -2.35. The van der Waals surface area contributed by atoms with E-state index in [0.717, 1.165) is 35.4 Å². The van der Waals surface area contributed by atoms with Crippen molar-refractivity contribution in [3.63, 3.8) is 0 Å². The molecule has 5 N–H and O–H groups in total. The molecule has 0 aliphatic carbocycles. The van der Waals surface area contributed by atoms with Crippen LogP contribution in [0.1, 0.15) is 42.0 Å². The molecule has 51 heavy (non-hydrogen) atoms. The van der Waals surface area contributed by atoms with Crippen LogP contribution in [0.4, 0.5) is 20.3 Å². The fourth-order valence-corrected chi connectivity index (χ4v) is 5.84. The Balaban J connectivity index is 0.00000188. The van der Waals surface area contributed by atoms with E-state index in [0.29, 0.717) is 31.7 Å². The molecule has 2 heterocycles. The third kappa shape index (κ3) is 8.57. The molecule has 1 aliphatic rings. The first-order valence-electron chi connectivity index (χ1n) is 15.7. The highest BCUT2D eigenvalue weighted by Gasteiger charge is 2.27. The standard InChI is InChI=1S/C36H32F2N6O4.CH2O2/c1-3-22-14-21(5-9-34(46)43-47)4-8-31(22)42-25-10-12-44(13-11-25)36-27(19-40)35(23-6-7-24(18-39)29(37)15-23)28(20-41-36)26-16-32(45)33(48-2)17-30(26)38;2-1-3/h4-9,14-17,20,25,42,45,47H,3,10-13H2,1-2H3,(H,43,46);1H,(H,2,3)/b9-5+;. The van der Waals surface area contributed by atoms with Crippen LogP contribution in [-0.2, 0) is 16.0 Å². The number of benzene rings is 3. The molecule has 1 amide bonds. The monoisotopic (exact) mass is 696 g/mol. The fraction of sp³-hybridized carbons (Fsp3) is 0.216. The van der Waals surface area contributed by atoms with Gasteiger partial charge in [0.25, 0.3) is 12.4 Å². The van der Waals surface area contributed by atoms with Crippen LogP contribution in [0.15, 0.2) is 60.8 Å². The molecule has 1 saturated heterocycles. The molecule has 4 aromatic rings. The number of hydrogen-bond donors (Lipinski definition) is 5. The first kappa shape index (κ1) is 37.3. The Morgan fingerprint density at radius 3 is 2.41 bits per heavy atom. The Hall–Kier alpha value is -6.51. The molecule has 0 bridgehead atoms. The molecule has 12 nitrogen and oxygen atoms in total. The summed E-state index contributed by atoms with van der Waals surface area (Å²) in [5.41, 5.74) is 4.90. The zero-order valence-corrected chi connectivity index (χ0v) is 27.7. The molecule has 0 spiro atoms. The minimum absolute atomic E-state index is 0.0589. The van der Waals surface area contributed by atoms with Crippen molar-refractivity contribution >= 4 is 30.0 Å². The largest absolute Gasteiger partial charge is 0.504 e. The van der Waals surface area contributed by atoms with Crippen molar-refractivity contribution in [1.29, 1.82) is 10.5 Å². The van der Waals surface area contributed by atoms with Gasteiger partial charge in [-0.05, 0) is 72.4 Å². The van der Waals surface area contributed by atoms with E-state index in [1.54, 1.807) is 17.6 Å². The summed E-state index contributed by atoms with van der Waals surface area (Å²) in [6, 6.07) is 16.0. The van der Waals surface area contributed by atoms with Crippen molar-refractivity contribution in [2.24, 2.45) is 0 Å². The van der Waals surface area contributed by atoms with Crippen molar-refractivity contribution in [1.82, 2.24) is 10.5 Å². The SMILES string of the molecule is CCc1cc(/C=C/C(=O)NO)ccc1NC1CCN(c2ncc(-c3cc(O)c(OC)cc3F)c(-c3ccc(C#N)c(F)c3)c2C#N)CC1.O=CO. The number of hydrogen-bond acceptors (Lipinski definition) is 10. The molecule has 0 radical (unpaired) electrons. The molecule has 0 unspecified atom stereocenters. The van der Waals surface area contributed by atoms with E-state index >= 15 is 4.39 Å². The number of amides is 1. The van der Waals surface area contributed by atoms with E-state index in [1.807, 2.05) is 30.0 Å². The number of anilines is 2. The topological polar surface area (TPSA) is 192 Å². The summed E-state index contributed by atoms with van der Waals surface area (Å²) in [4.78, 5) is 26.3. The Bertz CT molecular complexity index is 2030. The smallest absolute Gasteiger partial charge is 0.290 e. The van der Waals surface area contributed by atoms with Crippen LogP contribution >= 0.6 is 0 Å². The molecule has 3 aromatic carbocycles. The molecule has 1 fully saturated rings. The number of aromatic hydroxyl groups is 1. The number of piperidine rings is 1. The van der Waals surface area contributed by atoms with Gasteiger partial charge in [0.15, 0.2) is 11.5 Å². The average molecular weight is 697 g/mol. The van der Waals surface area contributed by atoms with Crippen molar-refractivity contribution in [3.8, 4) is 45.9 Å². The van der Waals surface area contributed by atoms with Crippen LogP contribution < -0.4 is 20.4 Å². The van der Waals surface area contributed by atoms with Gasteiger partial charge < -0.3 is 25.2 Å². The second-order valence-corrected chi connectivity index (χ2v) is 11.3. The summed E-state index contributed by atoms with van der Waals surface area (Å²) in [6.07, 6.45) is 6.43. The van der Waals surface area contributed by atoms with Crippen LogP contribution in [0.3, 0.4) is 0 Å². The summed E-state index contributed by atoms with van der Waals surface area (Å²) in [5, 5.41) is 49.4. The number of carbonyl (C=O) groups excluding carboxylic acids is 1. The number of hydroxylamine groups is 1. The van der Waals surface area contributed by atoms with Crippen LogP contribution in [0.5, 0.6) is 11.5 Å². The Morgan fingerprint density at radius 1 is 1.08 bits per heavy atom. The first-order valence-corrected chi connectivity index (χ1v) is 15.7. The molecule has 1 aliphatic heterocycles. The number of nitrogens with zero attached hydrogens (tertiary/aromatic N) is 4. The highest BCUT2D eigenvalue weighted by atomic mass is 19.1. The van der Waals surface area contributed by atoms with Crippen LogP contribution in [-0.4, -0.2) is 59.0 Å². The van der Waals surface area contributed by atoms with E-state index in [-0.39, 0.29) is 57.4 Å². The normalized spacial score (nSPS) is 12.6. The predicted molar refractivity (Wildman–Crippen MR) is 185 cm³/mol. The fourth-order valence-electron chi connectivity index (χ4n) is 5.84. The number of aryl methyl sites for hydroxylation is 1. The predicted octanol–water partition coefficient (Wildman–Crippen LogP) is 6.01. The maximum atomic E-state index is 15.4. The van der Waals surface area contributed by atoms with Gasteiger partial charge >= 0.3 is 0 Å². The van der Waals surface area contributed by atoms with Gasteiger partial charge in [-0.15, -0.1) is 0 Å². The number of nitriles is 2. The minimum atomic E-state index is -0.792. The second-order valence-electron chi connectivity index (χ2n) is 11.3. The van der Waals surface area contributed by atoms with Gasteiger partial charge in [0.1, 0.15) is 35.2 Å². The van der Waals surface area contributed by atoms with E-state index in [2.05, 4.69) is 16.4 Å². The number of methoxy groups -OCH3 is 1. The minimum Gasteiger partial charge on any atom is -0.504 e. The summed E-state index contributed by atoms with van der Waals surface area (Å²) < 4.78 is 35.3. The number of phenolic OH excluding ortho intramolecular Hbond substituents is 1. The third-order valence-electron chi connectivity index (χ3n) is 8.31. The molecule has 0 atom stereocenters. The van der Waals surface area contributed by atoms with Gasteiger partial charge in [-0.25, -0.2) is 19.2 Å². The van der Waals surface area contributed by atoms with Crippen molar-refractivity contribution < 1.29 is 38.5 Å². The summed E-state index contributed by atoms with van der Waals surface area (Å²) in [5.74, 6) is -2.19. The maximum Gasteiger partial charge on any atom is 0.290 e. The number of pyridine rings is 1. The second kappa shape index (κ2) is 17.2. The summed E-state index contributed by atoms with van der Waals surface area (Å²) in [7, 11) is 1.29. The van der Waals surface area contributed by atoms with Gasteiger partial charge in [0.05, 0.1) is 12.7 Å². The summed E-state index contributed by atoms with van der Waals surface area (Å²) in [6.45, 7) is 2.86. The zero-order valence-electron chi connectivity index (χ0n) is 27.7. The summed E-state index contributed by atoms with van der Waals surface area (Å²) >= 11 is 0. The average Bonchev–Trinajstić information content (AvgIpc) is 3.14. The molecule has 1 aromatic heterocycles. The number of halogens is 2. The Kier molecular flexibility index (Phi) is 12.6. The van der Waals surface area contributed by atoms with Gasteiger partial charge in [0.2, 0.25) is 0 Å². The van der Waals surface area contributed by atoms with Crippen LogP contribution in [0.25, 0.3) is 28.3 Å². The van der Waals surface area contributed by atoms with Gasteiger partial charge in [-0.2, -0.15) is 10.5 Å². The molecule has 0 saturated carbocycles. The van der Waals surface area contributed by atoms with Gasteiger partial charge in [-0.1, -0.05) is 19.1 Å². The van der Waals surface area contributed by atoms with Gasteiger partial charge in [0, 0.05) is 59.8 Å². The number of nitrogens with one attached hydrogen (secondary N) is 2. The molecular weight excluding hydrogens is 662 g/mol. The Morgan fingerprint density at radius 2 is 1.80 bits per heavy atom. The van der Waals surface area contributed by atoms with E-state index in [4.69, 9.17) is 19.8 Å². The molecule has 262 valence electrons. The van der Waals surface area contributed by atoms with Crippen LogP contribution in [0, 0.1) is 34.3 Å². The lowest BCUT2D eigenvalue weighted by molar-refractivity contribution is -0.124. The van der Waals surface area contributed by atoms with Crippen LogP contribution in [0.2, 0.25) is 0 Å². The Labute approximate surface area is 292 Å². The highest BCUT2D eigenvalue weighted by molar-refractivity contribution is 5.91. The third-order valence-corrected chi connectivity index (χ3v) is 8.31. The van der Waals surface area contributed by atoms with E-state index < -0.39 is 17.5 Å². The lowest BCUT2D eigenvalue weighted by atomic mass is 9.90. The van der Waals surface area contributed by atoms with Crippen molar-refractivity contribution in [2.45, 2.75) is 32.2 Å². The number of aromatic nitrogens is 1. The first-order chi connectivity index (χ1) is 24.6. The lowest BCUT2D eigenvalue weighted by Crippen LogP contribution is -2.40. The zero-order chi connectivity index (χ0) is 37.1. The molecular formula is C37H34F2N6O6. The molecule has 5 rings (SSSR count). The van der Waals surface area contributed by atoms with Crippen molar-refractivity contribution in [2.75, 3.05) is 30.4 Å².